The van der Waals surface area contributed by atoms with E-state index in [4.69, 9.17) is 9.84 Å². The number of hydrogen-bond acceptors (Lipinski definition) is 3. The minimum Gasteiger partial charge on any atom is -0.393 e. The van der Waals surface area contributed by atoms with Gasteiger partial charge in [0.05, 0.1) is 19.3 Å². The van der Waals surface area contributed by atoms with Gasteiger partial charge in [-0.1, -0.05) is 13.8 Å². The molecule has 0 unspecified atom stereocenters. The molecule has 0 rings (SSSR count). The molecule has 3 heteroatoms. The van der Waals surface area contributed by atoms with Gasteiger partial charge in [0.1, 0.15) is 5.60 Å². The molecule has 0 aromatic rings. The van der Waals surface area contributed by atoms with E-state index in [1.807, 2.05) is 27.7 Å². The van der Waals surface area contributed by atoms with Gasteiger partial charge in [0.2, 0.25) is 0 Å². The molecule has 0 aliphatic carbocycles. The molecule has 0 aliphatic rings. The first-order valence-electron chi connectivity index (χ1n) is 4.37. The Kier molecular flexibility index (Phi) is 4.75. The zero-order chi connectivity index (χ0) is 9.78. The zero-order valence-corrected chi connectivity index (χ0v) is 8.37. The van der Waals surface area contributed by atoms with Crippen LogP contribution >= 0.6 is 0 Å². The van der Waals surface area contributed by atoms with Crippen molar-refractivity contribution in [2.24, 2.45) is 5.92 Å². The molecule has 0 aromatic heterocycles. The molecule has 0 heterocycles. The van der Waals surface area contributed by atoms with Gasteiger partial charge in [-0.3, -0.25) is 0 Å². The van der Waals surface area contributed by atoms with Gasteiger partial charge in [0, 0.05) is 0 Å². The maximum atomic E-state index is 9.77. The Bertz CT molecular complexity index is 123. The highest BCUT2D eigenvalue weighted by Gasteiger charge is 2.30. The third-order valence-electron chi connectivity index (χ3n) is 2.02. The maximum Gasteiger partial charge on any atom is 0.113 e. The van der Waals surface area contributed by atoms with Crippen LogP contribution in [0.5, 0.6) is 0 Å². The van der Waals surface area contributed by atoms with Crippen molar-refractivity contribution >= 4 is 0 Å². The standard InChI is InChI=1S/C9H20O3/c1-7(2)9(11,5-10)6-12-8(3)4/h7-8,10-11H,5-6H2,1-4H3/t9-/m0/s1. The van der Waals surface area contributed by atoms with Crippen molar-refractivity contribution in [3.63, 3.8) is 0 Å². The third kappa shape index (κ3) is 3.52. The van der Waals surface area contributed by atoms with Gasteiger partial charge in [-0.25, -0.2) is 0 Å². The molecule has 12 heavy (non-hydrogen) atoms. The molecular weight excluding hydrogens is 156 g/mol. The van der Waals surface area contributed by atoms with E-state index < -0.39 is 5.60 Å². The number of aliphatic hydroxyl groups is 2. The minimum atomic E-state index is -1.09. The van der Waals surface area contributed by atoms with Crippen molar-refractivity contribution in [3.05, 3.63) is 0 Å². The first-order valence-corrected chi connectivity index (χ1v) is 4.37. The van der Waals surface area contributed by atoms with Crippen LogP contribution < -0.4 is 0 Å². The highest BCUT2D eigenvalue weighted by Crippen LogP contribution is 2.17. The second kappa shape index (κ2) is 4.80. The summed E-state index contributed by atoms with van der Waals surface area (Å²) in [4.78, 5) is 0. The van der Waals surface area contributed by atoms with Crippen LogP contribution in [0.15, 0.2) is 0 Å². The maximum absolute atomic E-state index is 9.77. The van der Waals surface area contributed by atoms with Crippen LogP contribution in [0.2, 0.25) is 0 Å². The zero-order valence-electron chi connectivity index (χ0n) is 8.37. The molecule has 74 valence electrons. The van der Waals surface area contributed by atoms with Crippen molar-refractivity contribution in [2.45, 2.75) is 39.4 Å². The van der Waals surface area contributed by atoms with E-state index >= 15 is 0 Å². The van der Waals surface area contributed by atoms with Gasteiger partial charge in [-0.05, 0) is 19.8 Å². The van der Waals surface area contributed by atoms with Crippen molar-refractivity contribution in [1.82, 2.24) is 0 Å². The van der Waals surface area contributed by atoms with Crippen LogP contribution in [0.3, 0.4) is 0 Å². The van der Waals surface area contributed by atoms with Crippen molar-refractivity contribution < 1.29 is 14.9 Å². The molecule has 0 bridgehead atoms. The average Bonchev–Trinajstić information content (AvgIpc) is 1.99. The fourth-order valence-corrected chi connectivity index (χ4v) is 0.706. The Morgan fingerprint density at radius 1 is 1.25 bits per heavy atom. The van der Waals surface area contributed by atoms with E-state index in [0.717, 1.165) is 0 Å². The van der Waals surface area contributed by atoms with Crippen LogP contribution in [-0.4, -0.2) is 35.1 Å². The Labute approximate surface area is 74.4 Å². The first-order chi connectivity index (χ1) is 5.42. The van der Waals surface area contributed by atoms with E-state index in [-0.39, 0.29) is 25.2 Å². The summed E-state index contributed by atoms with van der Waals surface area (Å²) in [5.74, 6) is 0.00116. The molecule has 1 atom stereocenters. The molecule has 0 saturated carbocycles. The fraction of sp³-hybridized carbons (Fsp3) is 1.00. The summed E-state index contributed by atoms with van der Waals surface area (Å²) < 4.78 is 5.25. The lowest BCUT2D eigenvalue weighted by molar-refractivity contribution is -0.116. The second-order valence-electron chi connectivity index (χ2n) is 3.78. The molecule has 0 aromatic carbocycles. The summed E-state index contributed by atoms with van der Waals surface area (Å²) in [6.45, 7) is 7.46. The topological polar surface area (TPSA) is 49.7 Å². The molecular formula is C9H20O3. The van der Waals surface area contributed by atoms with Crippen molar-refractivity contribution in [3.8, 4) is 0 Å². The lowest BCUT2D eigenvalue weighted by atomic mass is 9.92. The highest BCUT2D eigenvalue weighted by molar-refractivity contribution is 4.80. The van der Waals surface area contributed by atoms with Gasteiger partial charge >= 0.3 is 0 Å². The SMILES string of the molecule is CC(C)OC[C@@](O)(CO)C(C)C. The summed E-state index contributed by atoms with van der Waals surface area (Å²) in [5, 5.41) is 18.7. The quantitative estimate of drug-likeness (QED) is 0.651. The number of aliphatic hydroxyl groups excluding tert-OH is 1. The smallest absolute Gasteiger partial charge is 0.113 e. The second-order valence-corrected chi connectivity index (χ2v) is 3.78. The van der Waals surface area contributed by atoms with Crippen molar-refractivity contribution in [2.75, 3.05) is 13.2 Å². The van der Waals surface area contributed by atoms with Gasteiger partial charge in [-0.15, -0.1) is 0 Å². The fourth-order valence-electron chi connectivity index (χ4n) is 0.706. The lowest BCUT2D eigenvalue weighted by Crippen LogP contribution is -2.44. The molecule has 0 saturated heterocycles. The molecule has 0 aliphatic heterocycles. The highest BCUT2D eigenvalue weighted by atomic mass is 16.5. The Hall–Kier alpha value is -0.120. The van der Waals surface area contributed by atoms with Crippen LogP contribution in [0.25, 0.3) is 0 Å². The largest absolute Gasteiger partial charge is 0.393 e. The average molecular weight is 176 g/mol. The van der Waals surface area contributed by atoms with Crippen LogP contribution in [0.4, 0.5) is 0 Å². The van der Waals surface area contributed by atoms with Gasteiger partial charge in [-0.2, -0.15) is 0 Å². The summed E-state index contributed by atoms with van der Waals surface area (Å²) in [6, 6.07) is 0. The number of rotatable bonds is 5. The predicted octanol–water partition coefficient (Wildman–Crippen LogP) is 0.791. The van der Waals surface area contributed by atoms with Crippen LogP contribution in [0.1, 0.15) is 27.7 Å². The third-order valence-corrected chi connectivity index (χ3v) is 2.02. The summed E-state index contributed by atoms with van der Waals surface area (Å²) in [7, 11) is 0. The van der Waals surface area contributed by atoms with E-state index in [1.54, 1.807) is 0 Å². The van der Waals surface area contributed by atoms with Crippen molar-refractivity contribution in [1.29, 1.82) is 0 Å². The summed E-state index contributed by atoms with van der Waals surface area (Å²) >= 11 is 0. The molecule has 3 nitrogen and oxygen atoms in total. The Morgan fingerprint density at radius 3 is 2.00 bits per heavy atom. The minimum absolute atomic E-state index is 0.00116. The molecule has 0 fully saturated rings. The van der Waals surface area contributed by atoms with Crippen LogP contribution in [0, 0.1) is 5.92 Å². The monoisotopic (exact) mass is 176 g/mol. The molecule has 0 spiro atoms. The number of ether oxygens (including phenoxy) is 1. The van der Waals surface area contributed by atoms with Crippen LogP contribution in [-0.2, 0) is 4.74 Å². The predicted molar refractivity (Wildman–Crippen MR) is 48.0 cm³/mol. The molecule has 2 N–H and O–H groups in total. The first kappa shape index (κ1) is 11.9. The van der Waals surface area contributed by atoms with Gasteiger partial charge in [0.15, 0.2) is 0 Å². The molecule has 0 amide bonds. The van der Waals surface area contributed by atoms with E-state index in [2.05, 4.69) is 0 Å². The van der Waals surface area contributed by atoms with E-state index in [9.17, 15) is 5.11 Å². The summed E-state index contributed by atoms with van der Waals surface area (Å²) in [5.41, 5.74) is -1.09. The lowest BCUT2D eigenvalue weighted by Gasteiger charge is -2.30. The van der Waals surface area contributed by atoms with Gasteiger partial charge < -0.3 is 14.9 Å². The Morgan fingerprint density at radius 2 is 1.75 bits per heavy atom. The molecule has 0 radical (unpaired) electrons. The van der Waals surface area contributed by atoms with E-state index in [1.165, 1.54) is 0 Å². The Balaban J connectivity index is 3.97. The number of hydrogen-bond donors (Lipinski definition) is 2. The van der Waals surface area contributed by atoms with Gasteiger partial charge in [0.25, 0.3) is 0 Å². The van der Waals surface area contributed by atoms with E-state index in [0.29, 0.717) is 0 Å². The summed E-state index contributed by atoms with van der Waals surface area (Å²) in [6.07, 6.45) is 0.0850. The normalized spacial score (nSPS) is 17.0.